The summed E-state index contributed by atoms with van der Waals surface area (Å²) in [5.74, 6) is 0.827. The van der Waals surface area contributed by atoms with E-state index in [0.29, 0.717) is 11.6 Å². The fraction of sp³-hybridized carbons (Fsp3) is 0.400. The van der Waals surface area contributed by atoms with Gasteiger partial charge in [0.25, 0.3) is 0 Å². The Morgan fingerprint density at radius 2 is 2.38 bits per heavy atom. The average Bonchev–Trinajstić information content (AvgIpc) is 2.19. The molecule has 0 aliphatic carbocycles. The lowest BCUT2D eigenvalue weighted by molar-refractivity contribution is 0.759. The van der Waals surface area contributed by atoms with E-state index < -0.39 is 0 Å². The number of hydrogen-bond donors (Lipinski definition) is 1. The molecule has 1 N–H and O–H groups in total. The van der Waals surface area contributed by atoms with E-state index in [1.165, 1.54) is 0 Å². The Morgan fingerprint density at radius 3 is 2.85 bits per heavy atom. The van der Waals surface area contributed by atoms with Gasteiger partial charge >= 0.3 is 0 Å². The predicted molar refractivity (Wildman–Crippen MR) is 52.3 cm³/mol. The van der Waals surface area contributed by atoms with Crippen molar-refractivity contribution in [3.05, 3.63) is 23.9 Å². The fourth-order valence-electron chi connectivity index (χ4n) is 0.900. The third-order valence-electron chi connectivity index (χ3n) is 1.90. The quantitative estimate of drug-likeness (QED) is 0.765. The topological polar surface area (TPSA) is 48.7 Å². The van der Waals surface area contributed by atoms with Crippen LogP contribution in [0.15, 0.2) is 18.3 Å². The fourth-order valence-corrected chi connectivity index (χ4v) is 0.900. The first-order chi connectivity index (χ1) is 6.26. The third-order valence-corrected chi connectivity index (χ3v) is 1.90. The lowest BCUT2D eigenvalue weighted by atomic mass is 10.2. The van der Waals surface area contributed by atoms with Crippen molar-refractivity contribution in [2.45, 2.75) is 26.3 Å². The Hall–Kier alpha value is -1.56. The van der Waals surface area contributed by atoms with Crippen molar-refractivity contribution < 1.29 is 0 Å². The van der Waals surface area contributed by atoms with Crippen LogP contribution < -0.4 is 5.32 Å². The van der Waals surface area contributed by atoms with Crippen LogP contribution in [0.5, 0.6) is 0 Å². The predicted octanol–water partition coefficient (Wildman–Crippen LogP) is 2.16. The number of anilines is 1. The van der Waals surface area contributed by atoms with Crippen molar-refractivity contribution in [2.75, 3.05) is 5.32 Å². The van der Waals surface area contributed by atoms with Gasteiger partial charge in [-0.15, -0.1) is 0 Å². The first-order valence-electron chi connectivity index (χ1n) is 4.39. The van der Waals surface area contributed by atoms with E-state index >= 15 is 0 Å². The zero-order valence-corrected chi connectivity index (χ0v) is 7.91. The number of hydrogen-bond acceptors (Lipinski definition) is 3. The Kier molecular flexibility index (Phi) is 3.27. The highest BCUT2D eigenvalue weighted by atomic mass is 15.0. The maximum Gasteiger partial charge on any atom is 0.126 e. The smallest absolute Gasteiger partial charge is 0.126 e. The average molecular weight is 175 g/mol. The minimum atomic E-state index is 0.417. The van der Waals surface area contributed by atoms with Crippen LogP contribution >= 0.6 is 0 Å². The molecule has 0 saturated carbocycles. The van der Waals surface area contributed by atoms with Crippen LogP contribution in [-0.4, -0.2) is 11.0 Å². The molecule has 0 saturated heterocycles. The second kappa shape index (κ2) is 4.46. The molecule has 1 aromatic rings. The number of nitrogens with zero attached hydrogens (tertiary/aromatic N) is 2. The van der Waals surface area contributed by atoms with Crippen LogP contribution in [-0.2, 0) is 0 Å². The van der Waals surface area contributed by atoms with Gasteiger partial charge in [0.15, 0.2) is 0 Å². The molecule has 0 aromatic carbocycles. The summed E-state index contributed by atoms with van der Waals surface area (Å²) < 4.78 is 0. The normalized spacial score (nSPS) is 11.8. The lowest BCUT2D eigenvalue weighted by Crippen LogP contribution is -2.14. The molecule has 1 heterocycles. The number of nitriles is 1. The molecule has 1 atom stereocenters. The maximum absolute atomic E-state index is 8.55. The van der Waals surface area contributed by atoms with Crippen LogP contribution in [0.1, 0.15) is 25.8 Å². The summed E-state index contributed by atoms with van der Waals surface area (Å²) in [4.78, 5) is 4.10. The molecule has 13 heavy (non-hydrogen) atoms. The minimum Gasteiger partial charge on any atom is -0.368 e. The van der Waals surface area contributed by atoms with Gasteiger partial charge in [0.05, 0.1) is 5.56 Å². The summed E-state index contributed by atoms with van der Waals surface area (Å²) in [6.07, 6.45) is 2.63. The first-order valence-corrected chi connectivity index (χ1v) is 4.39. The summed E-state index contributed by atoms with van der Waals surface area (Å²) in [6, 6.07) is 6.03. The molecule has 1 aromatic heterocycles. The van der Waals surface area contributed by atoms with Crippen molar-refractivity contribution in [1.29, 1.82) is 5.26 Å². The molecule has 3 nitrogen and oxygen atoms in total. The number of nitrogens with one attached hydrogen (secondary N) is 1. The monoisotopic (exact) mass is 175 g/mol. The summed E-state index contributed by atoms with van der Waals surface area (Å²) in [6.45, 7) is 4.21. The maximum atomic E-state index is 8.55. The van der Waals surface area contributed by atoms with Crippen LogP contribution in [0.3, 0.4) is 0 Å². The van der Waals surface area contributed by atoms with Crippen molar-refractivity contribution >= 4 is 5.82 Å². The molecule has 3 heteroatoms. The Balaban J connectivity index is 2.65. The van der Waals surface area contributed by atoms with Gasteiger partial charge in [-0.2, -0.15) is 5.26 Å². The van der Waals surface area contributed by atoms with E-state index in [-0.39, 0.29) is 0 Å². The summed E-state index contributed by atoms with van der Waals surface area (Å²) in [5.41, 5.74) is 0.592. The van der Waals surface area contributed by atoms with Gasteiger partial charge in [-0.1, -0.05) is 6.92 Å². The lowest BCUT2D eigenvalue weighted by Gasteiger charge is -2.11. The van der Waals surface area contributed by atoms with Crippen molar-refractivity contribution in [2.24, 2.45) is 0 Å². The summed E-state index contributed by atoms with van der Waals surface area (Å²) in [5, 5.41) is 11.8. The zero-order chi connectivity index (χ0) is 9.68. The highest BCUT2D eigenvalue weighted by Crippen LogP contribution is 2.06. The van der Waals surface area contributed by atoms with Gasteiger partial charge in [0.2, 0.25) is 0 Å². The SMILES string of the molecule is CCC(C)Nc1ccc(C#N)cn1. The second-order valence-electron chi connectivity index (χ2n) is 3.00. The third kappa shape index (κ3) is 2.75. The largest absolute Gasteiger partial charge is 0.368 e. The van der Waals surface area contributed by atoms with E-state index in [9.17, 15) is 0 Å². The molecule has 0 bridgehead atoms. The second-order valence-corrected chi connectivity index (χ2v) is 3.00. The van der Waals surface area contributed by atoms with Crippen LogP contribution in [0.25, 0.3) is 0 Å². The molecule has 0 spiro atoms. The molecular formula is C10H13N3. The molecule has 0 aliphatic rings. The molecule has 68 valence electrons. The van der Waals surface area contributed by atoms with Crippen molar-refractivity contribution in [3.8, 4) is 6.07 Å². The zero-order valence-electron chi connectivity index (χ0n) is 7.91. The highest BCUT2D eigenvalue weighted by molar-refractivity contribution is 5.39. The Labute approximate surface area is 78.4 Å². The molecule has 0 fully saturated rings. The van der Waals surface area contributed by atoms with Crippen LogP contribution in [0.2, 0.25) is 0 Å². The van der Waals surface area contributed by atoms with Crippen LogP contribution in [0, 0.1) is 11.3 Å². The number of rotatable bonds is 3. The summed E-state index contributed by atoms with van der Waals surface area (Å²) >= 11 is 0. The van der Waals surface area contributed by atoms with E-state index in [2.05, 4.69) is 24.1 Å². The van der Waals surface area contributed by atoms with E-state index in [1.807, 2.05) is 12.1 Å². The van der Waals surface area contributed by atoms with E-state index in [0.717, 1.165) is 12.2 Å². The molecule has 1 unspecified atom stereocenters. The van der Waals surface area contributed by atoms with Gasteiger partial charge in [-0.3, -0.25) is 0 Å². The van der Waals surface area contributed by atoms with Gasteiger partial charge in [-0.05, 0) is 25.5 Å². The number of pyridine rings is 1. The van der Waals surface area contributed by atoms with Gasteiger partial charge in [0, 0.05) is 12.2 Å². The standard InChI is InChI=1S/C10H13N3/c1-3-8(2)13-10-5-4-9(6-11)7-12-10/h4-5,7-8H,3H2,1-2H3,(H,12,13). The van der Waals surface area contributed by atoms with Crippen molar-refractivity contribution in [3.63, 3.8) is 0 Å². The Morgan fingerprint density at radius 1 is 1.62 bits per heavy atom. The van der Waals surface area contributed by atoms with E-state index in [4.69, 9.17) is 5.26 Å². The van der Waals surface area contributed by atoms with Crippen molar-refractivity contribution in [1.82, 2.24) is 4.98 Å². The molecular weight excluding hydrogens is 162 g/mol. The first kappa shape index (κ1) is 9.53. The van der Waals surface area contributed by atoms with Gasteiger partial charge in [0.1, 0.15) is 11.9 Å². The molecule has 0 radical (unpaired) electrons. The summed E-state index contributed by atoms with van der Waals surface area (Å²) in [7, 11) is 0. The van der Waals surface area contributed by atoms with Crippen LogP contribution in [0.4, 0.5) is 5.82 Å². The number of aromatic nitrogens is 1. The molecule has 0 amide bonds. The highest BCUT2D eigenvalue weighted by Gasteiger charge is 1.99. The van der Waals surface area contributed by atoms with Gasteiger partial charge < -0.3 is 5.32 Å². The van der Waals surface area contributed by atoms with E-state index in [1.54, 1.807) is 12.3 Å². The Bertz CT molecular complexity index is 297. The molecule has 1 rings (SSSR count). The van der Waals surface area contributed by atoms with Gasteiger partial charge in [-0.25, -0.2) is 4.98 Å². The minimum absolute atomic E-state index is 0.417. The molecule has 0 aliphatic heterocycles.